The Labute approximate surface area is 126 Å². The Morgan fingerprint density at radius 3 is 2.60 bits per heavy atom. The lowest BCUT2D eigenvalue weighted by atomic mass is 9.87. The molecule has 1 heterocycles. The first-order chi connectivity index (χ1) is 9.74. The van der Waals surface area contributed by atoms with Crippen LogP contribution in [0.15, 0.2) is 41.8 Å². The van der Waals surface area contributed by atoms with Crippen molar-refractivity contribution in [3.8, 4) is 0 Å². The summed E-state index contributed by atoms with van der Waals surface area (Å²) in [7, 11) is 0. The standard InChI is InChI=1S/C18H23NS/c1-13(2)18(17-8-5-11-20-17)19-16-10-9-14-6-3-4-7-15(14)12-16/h3-8,11,13,16,18-19H,9-10,12H2,1-2H3. The highest BCUT2D eigenvalue weighted by Gasteiger charge is 2.24. The monoisotopic (exact) mass is 285 g/mol. The van der Waals surface area contributed by atoms with Gasteiger partial charge in [-0.1, -0.05) is 44.2 Å². The molecule has 20 heavy (non-hydrogen) atoms. The van der Waals surface area contributed by atoms with E-state index in [1.54, 1.807) is 5.56 Å². The Hall–Kier alpha value is -1.12. The lowest BCUT2D eigenvalue weighted by Gasteiger charge is -2.31. The van der Waals surface area contributed by atoms with E-state index < -0.39 is 0 Å². The molecule has 1 aliphatic carbocycles. The molecule has 2 heteroatoms. The molecule has 1 aliphatic rings. The predicted octanol–water partition coefficient (Wildman–Crippen LogP) is 4.59. The number of benzene rings is 1. The summed E-state index contributed by atoms with van der Waals surface area (Å²) in [6, 6.07) is 14.4. The molecule has 0 radical (unpaired) electrons. The third-order valence-corrected chi connectivity index (χ3v) is 5.23. The van der Waals surface area contributed by atoms with Crippen LogP contribution >= 0.6 is 11.3 Å². The Morgan fingerprint density at radius 2 is 1.90 bits per heavy atom. The van der Waals surface area contributed by atoms with Crippen molar-refractivity contribution in [2.24, 2.45) is 5.92 Å². The summed E-state index contributed by atoms with van der Waals surface area (Å²) < 4.78 is 0. The van der Waals surface area contributed by atoms with Gasteiger partial charge in [0, 0.05) is 17.0 Å². The summed E-state index contributed by atoms with van der Waals surface area (Å²) in [5, 5.41) is 6.09. The average molecular weight is 285 g/mol. The van der Waals surface area contributed by atoms with Crippen molar-refractivity contribution in [3.05, 3.63) is 57.8 Å². The van der Waals surface area contributed by atoms with E-state index in [1.807, 2.05) is 11.3 Å². The van der Waals surface area contributed by atoms with Crippen molar-refractivity contribution in [1.82, 2.24) is 5.32 Å². The maximum Gasteiger partial charge on any atom is 0.0440 e. The molecule has 3 rings (SSSR count). The highest BCUT2D eigenvalue weighted by atomic mass is 32.1. The first kappa shape index (κ1) is 13.8. The summed E-state index contributed by atoms with van der Waals surface area (Å²) in [5.41, 5.74) is 3.08. The summed E-state index contributed by atoms with van der Waals surface area (Å²) in [6.07, 6.45) is 3.64. The third-order valence-electron chi connectivity index (χ3n) is 4.28. The first-order valence-electron chi connectivity index (χ1n) is 7.60. The van der Waals surface area contributed by atoms with E-state index in [9.17, 15) is 0 Å². The molecule has 1 aromatic carbocycles. The minimum atomic E-state index is 0.491. The molecule has 2 atom stereocenters. The number of thiophene rings is 1. The van der Waals surface area contributed by atoms with Gasteiger partial charge in [-0.3, -0.25) is 0 Å². The highest BCUT2D eigenvalue weighted by molar-refractivity contribution is 7.10. The summed E-state index contributed by atoms with van der Waals surface area (Å²) in [6.45, 7) is 4.63. The molecule has 2 aromatic rings. The number of nitrogens with one attached hydrogen (secondary N) is 1. The predicted molar refractivity (Wildman–Crippen MR) is 87.3 cm³/mol. The number of aryl methyl sites for hydroxylation is 1. The van der Waals surface area contributed by atoms with E-state index in [2.05, 4.69) is 60.9 Å². The van der Waals surface area contributed by atoms with Crippen LogP contribution in [0.2, 0.25) is 0 Å². The molecular weight excluding hydrogens is 262 g/mol. The molecule has 1 aromatic heterocycles. The van der Waals surface area contributed by atoms with E-state index >= 15 is 0 Å². The fraction of sp³-hybridized carbons (Fsp3) is 0.444. The molecule has 0 saturated carbocycles. The van der Waals surface area contributed by atoms with Crippen LogP contribution in [0.25, 0.3) is 0 Å². The van der Waals surface area contributed by atoms with Crippen molar-refractivity contribution in [2.75, 3.05) is 0 Å². The van der Waals surface area contributed by atoms with Crippen LogP contribution in [-0.4, -0.2) is 6.04 Å². The molecule has 0 bridgehead atoms. The molecule has 0 aliphatic heterocycles. The van der Waals surface area contributed by atoms with Crippen LogP contribution in [0.1, 0.15) is 42.3 Å². The van der Waals surface area contributed by atoms with Gasteiger partial charge in [0.1, 0.15) is 0 Å². The molecule has 0 amide bonds. The average Bonchev–Trinajstić information content (AvgIpc) is 2.98. The Bertz CT molecular complexity index is 544. The van der Waals surface area contributed by atoms with Gasteiger partial charge in [-0.05, 0) is 47.8 Å². The minimum absolute atomic E-state index is 0.491. The van der Waals surface area contributed by atoms with Gasteiger partial charge >= 0.3 is 0 Å². The van der Waals surface area contributed by atoms with E-state index in [0.29, 0.717) is 18.0 Å². The molecule has 1 N–H and O–H groups in total. The van der Waals surface area contributed by atoms with E-state index in [4.69, 9.17) is 0 Å². The van der Waals surface area contributed by atoms with Gasteiger partial charge < -0.3 is 5.32 Å². The van der Waals surface area contributed by atoms with Crippen LogP contribution in [-0.2, 0) is 12.8 Å². The number of hydrogen-bond acceptors (Lipinski definition) is 2. The fourth-order valence-corrected chi connectivity index (χ4v) is 4.12. The maximum atomic E-state index is 3.91. The van der Waals surface area contributed by atoms with Gasteiger partial charge in [0.15, 0.2) is 0 Å². The van der Waals surface area contributed by atoms with Gasteiger partial charge in [-0.25, -0.2) is 0 Å². The van der Waals surface area contributed by atoms with Gasteiger partial charge in [0.2, 0.25) is 0 Å². The number of hydrogen-bond donors (Lipinski definition) is 1. The van der Waals surface area contributed by atoms with Crippen molar-refractivity contribution in [1.29, 1.82) is 0 Å². The lowest BCUT2D eigenvalue weighted by Crippen LogP contribution is -2.38. The minimum Gasteiger partial charge on any atom is -0.306 e. The zero-order chi connectivity index (χ0) is 13.9. The maximum absolute atomic E-state index is 3.91. The lowest BCUT2D eigenvalue weighted by molar-refractivity contribution is 0.341. The first-order valence-corrected chi connectivity index (χ1v) is 8.48. The van der Waals surface area contributed by atoms with Crippen LogP contribution in [0.4, 0.5) is 0 Å². The molecule has 106 valence electrons. The second-order valence-electron chi connectivity index (χ2n) is 6.11. The van der Waals surface area contributed by atoms with Gasteiger partial charge in [0.25, 0.3) is 0 Å². The van der Waals surface area contributed by atoms with Crippen LogP contribution in [0, 0.1) is 5.92 Å². The fourth-order valence-electron chi connectivity index (χ4n) is 3.17. The summed E-state index contributed by atoms with van der Waals surface area (Å²) in [5.74, 6) is 0.630. The normalized spacial score (nSPS) is 19.9. The molecule has 1 nitrogen and oxygen atoms in total. The quantitative estimate of drug-likeness (QED) is 0.866. The SMILES string of the molecule is CC(C)C(NC1CCc2ccccc2C1)c1cccs1. The van der Waals surface area contributed by atoms with E-state index in [0.717, 1.165) is 0 Å². The molecule has 0 saturated heterocycles. The van der Waals surface area contributed by atoms with Crippen LogP contribution in [0.3, 0.4) is 0 Å². The number of fused-ring (bicyclic) bond motifs is 1. The highest BCUT2D eigenvalue weighted by Crippen LogP contribution is 2.29. The van der Waals surface area contributed by atoms with Crippen molar-refractivity contribution < 1.29 is 0 Å². The molecular formula is C18H23NS. The Balaban J connectivity index is 1.72. The van der Waals surface area contributed by atoms with Crippen molar-refractivity contribution >= 4 is 11.3 Å². The zero-order valence-corrected chi connectivity index (χ0v) is 13.1. The van der Waals surface area contributed by atoms with Crippen molar-refractivity contribution in [3.63, 3.8) is 0 Å². The molecule has 2 unspecified atom stereocenters. The van der Waals surface area contributed by atoms with Gasteiger partial charge in [-0.15, -0.1) is 11.3 Å². The largest absolute Gasteiger partial charge is 0.306 e. The smallest absolute Gasteiger partial charge is 0.0440 e. The topological polar surface area (TPSA) is 12.0 Å². The number of rotatable bonds is 4. The van der Waals surface area contributed by atoms with Gasteiger partial charge in [-0.2, -0.15) is 0 Å². The Kier molecular flexibility index (Phi) is 4.23. The van der Waals surface area contributed by atoms with Crippen molar-refractivity contribution in [2.45, 2.75) is 45.2 Å². The van der Waals surface area contributed by atoms with E-state index in [-0.39, 0.29) is 0 Å². The van der Waals surface area contributed by atoms with E-state index in [1.165, 1.54) is 29.7 Å². The molecule has 0 spiro atoms. The van der Waals surface area contributed by atoms with Gasteiger partial charge in [0.05, 0.1) is 0 Å². The molecule has 0 fully saturated rings. The third kappa shape index (κ3) is 2.97. The zero-order valence-electron chi connectivity index (χ0n) is 12.3. The van der Waals surface area contributed by atoms with Crippen LogP contribution < -0.4 is 5.32 Å². The Morgan fingerprint density at radius 1 is 1.10 bits per heavy atom. The summed E-state index contributed by atoms with van der Waals surface area (Å²) >= 11 is 1.87. The summed E-state index contributed by atoms with van der Waals surface area (Å²) in [4.78, 5) is 1.47. The second-order valence-corrected chi connectivity index (χ2v) is 7.09. The second kappa shape index (κ2) is 6.11. The van der Waals surface area contributed by atoms with Crippen LogP contribution in [0.5, 0.6) is 0 Å².